The summed E-state index contributed by atoms with van der Waals surface area (Å²) in [5.41, 5.74) is 12.2. The van der Waals surface area contributed by atoms with Crippen LogP contribution in [0.5, 0.6) is 0 Å². The van der Waals surface area contributed by atoms with Crippen molar-refractivity contribution < 1.29 is 18.8 Å². The number of nitrogens with one attached hydrogen (secondary N) is 1. The number of rotatable bonds is 9. The zero-order valence-electron chi connectivity index (χ0n) is 18.9. The molecule has 0 aliphatic heterocycles. The van der Waals surface area contributed by atoms with Crippen LogP contribution in [0.4, 0.5) is 4.39 Å². The number of para-hydroxylation sites is 1. The maximum absolute atomic E-state index is 14.1. The summed E-state index contributed by atoms with van der Waals surface area (Å²) in [5, 5.41) is 7.39. The highest BCUT2D eigenvalue weighted by atomic mass is 35.5. The fourth-order valence-electron chi connectivity index (χ4n) is 4.27. The lowest BCUT2D eigenvalue weighted by molar-refractivity contribution is -0.137. The second-order valence-corrected chi connectivity index (χ2v) is 9.16. The molecule has 0 spiro atoms. The fourth-order valence-corrected chi connectivity index (χ4v) is 4.46. The number of benzene rings is 2. The average molecular weight is 501 g/mol. The van der Waals surface area contributed by atoms with Gasteiger partial charge in [-0.3, -0.25) is 19.1 Å². The van der Waals surface area contributed by atoms with Crippen molar-refractivity contribution in [2.45, 2.75) is 32.0 Å². The Bertz CT molecular complexity index is 1270. The number of halogens is 2. The van der Waals surface area contributed by atoms with Crippen LogP contribution in [0.25, 0.3) is 10.9 Å². The Kier molecular flexibility index (Phi) is 7.32. The van der Waals surface area contributed by atoms with Crippen LogP contribution in [0.2, 0.25) is 5.02 Å². The minimum Gasteiger partial charge on any atom is -0.364 e. The number of hydrogen-bond donors (Lipinski definition) is 3. The van der Waals surface area contributed by atoms with Crippen LogP contribution in [0, 0.1) is 11.7 Å². The van der Waals surface area contributed by atoms with Crippen molar-refractivity contribution in [2.75, 3.05) is 13.1 Å². The van der Waals surface area contributed by atoms with Crippen molar-refractivity contribution in [1.29, 1.82) is 0 Å². The lowest BCUT2D eigenvalue weighted by Crippen LogP contribution is -2.48. The molecule has 0 saturated heterocycles. The molecule has 1 saturated carbocycles. The Morgan fingerprint density at radius 3 is 2.63 bits per heavy atom. The van der Waals surface area contributed by atoms with Crippen LogP contribution >= 0.6 is 11.6 Å². The van der Waals surface area contributed by atoms with E-state index < -0.39 is 17.6 Å². The van der Waals surface area contributed by atoms with Gasteiger partial charge in [0.25, 0.3) is 5.91 Å². The van der Waals surface area contributed by atoms with Gasteiger partial charge in [0.05, 0.1) is 17.1 Å². The van der Waals surface area contributed by atoms with Gasteiger partial charge >= 0.3 is 0 Å². The molecule has 0 radical (unpaired) electrons. The molecule has 3 amide bonds. The highest BCUT2D eigenvalue weighted by Crippen LogP contribution is 2.27. The Morgan fingerprint density at radius 1 is 1.17 bits per heavy atom. The molecule has 0 unspecified atom stereocenters. The van der Waals surface area contributed by atoms with Gasteiger partial charge in [-0.1, -0.05) is 41.9 Å². The van der Waals surface area contributed by atoms with Crippen molar-refractivity contribution in [3.63, 3.8) is 0 Å². The molecule has 35 heavy (non-hydrogen) atoms. The normalized spacial score (nSPS) is 17.1. The van der Waals surface area contributed by atoms with Gasteiger partial charge in [0, 0.05) is 30.1 Å². The number of nitrogens with two attached hydrogens (primary N) is 2. The van der Waals surface area contributed by atoms with E-state index in [2.05, 4.69) is 10.4 Å². The van der Waals surface area contributed by atoms with Crippen LogP contribution in [0.1, 0.15) is 28.9 Å². The molecule has 1 aliphatic rings. The summed E-state index contributed by atoms with van der Waals surface area (Å²) < 4.78 is 15.5. The Balaban J connectivity index is 1.47. The van der Waals surface area contributed by atoms with E-state index in [9.17, 15) is 18.8 Å². The SMILES string of the molecule is NC(=O)c1nn(CC(=O)N(CC(=O)NCc2cccc(Cl)c2F)C[C@H]2C[C@H](N)C2)c2ccccc12. The van der Waals surface area contributed by atoms with Gasteiger partial charge < -0.3 is 21.7 Å². The first-order valence-electron chi connectivity index (χ1n) is 11.2. The van der Waals surface area contributed by atoms with Gasteiger partial charge in [0.2, 0.25) is 11.8 Å². The number of nitrogens with zero attached hydrogens (tertiary/aromatic N) is 3. The third-order valence-corrected chi connectivity index (χ3v) is 6.41. The Hall–Kier alpha value is -3.50. The lowest BCUT2D eigenvalue weighted by Gasteiger charge is -2.36. The molecule has 1 aliphatic carbocycles. The van der Waals surface area contributed by atoms with Gasteiger partial charge in [-0.05, 0) is 30.9 Å². The van der Waals surface area contributed by atoms with E-state index in [1.54, 1.807) is 30.3 Å². The number of carbonyl (C=O) groups excluding carboxylic acids is 3. The smallest absolute Gasteiger partial charge is 0.269 e. The third-order valence-electron chi connectivity index (χ3n) is 6.12. The molecule has 11 heteroatoms. The Labute approximate surface area is 206 Å². The molecular weight excluding hydrogens is 475 g/mol. The summed E-state index contributed by atoms with van der Waals surface area (Å²) in [6.45, 7) is -0.0991. The summed E-state index contributed by atoms with van der Waals surface area (Å²) >= 11 is 5.80. The van der Waals surface area contributed by atoms with Gasteiger partial charge in [0.15, 0.2) is 5.69 Å². The standard InChI is InChI=1S/C24H26ClFN6O3/c25-18-6-3-4-15(22(18)26)10-29-20(33)12-31(11-14-8-16(27)9-14)21(34)13-32-19-7-2-1-5-17(19)23(30-32)24(28)35/h1-7,14,16H,8-13,27H2,(H2,28,35)(H,29,33)/t14-,16-. The molecule has 1 aromatic heterocycles. The van der Waals surface area contributed by atoms with Gasteiger partial charge in [0.1, 0.15) is 12.4 Å². The molecule has 0 bridgehead atoms. The maximum atomic E-state index is 14.1. The number of fused-ring (bicyclic) bond motifs is 1. The van der Waals surface area contributed by atoms with Crippen LogP contribution in [-0.2, 0) is 22.7 Å². The quantitative estimate of drug-likeness (QED) is 0.411. The number of primary amides is 1. The molecule has 3 aromatic rings. The second-order valence-electron chi connectivity index (χ2n) is 8.75. The van der Waals surface area contributed by atoms with Crippen LogP contribution < -0.4 is 16.8 Å². The average Bonchev–Trinajstić information content (AvgIpc) is 3.17. The number of hydrogen-bond acceptors (Lipinski definition) is 5. The lowest BCUT2D eigenvalue weighted by atomic mass is 9.80. The van der Waals surface area contributed by atoms with E-state index in [1.165, 1.54) is 21.7 Å². The summed E-state index contributed by atoms with van der Waals surface area (Å²) in [5.74, 6) is -1.90. The predicted molar refractivity (Wildman–Crippen MR) is 129 cm³/mol. The van der Waals surface area contributed by atoms with E-state index in [-0.39, 0.29) is 53.8 Å². The zero-order chi connectivity index (χ0) is 25.1. The molecule has 1 heterocycles. The first kappa shape index (κ1) is 24.6. The van der Waals surface area contributed by atoms with Crippen molar-refractivity contribution in [3.05, 3.63) is 64.6 Å². The van der Waals surface area contributed by atoms with Crippen LogP contribution in [-0.4, -0.2) is 51.5 Å². The molecule has 1 fully saturated rings. The fraction of sp³-hybridized carbons (Fsp3) is 0.333. The first-order chi connectivity index (χ1) is 16.7. The molecule has 0 atom stereocenters. The summed E-state index contributed by atoms with van der Waals surface area (Å²) in [6.07, 6.45) is 1.52. The summed E-state index contributed by atoms with van der Waals surface area (Å²) in [4.78, 5) is 39.2. The highest BCUT2D eigenvalue weighted by molar-refractivity contribution is 6.30. The predicted octanol–water partition coefficient (Wildman–Crippen LogP) is 1.81. The van der Waals surface area contributed by atoms with E-state index in [4.69, 9.17) is 23.1 Å². The Morgan fingerprint density at radius 2 is 1.91 bits per heavy atom. The number of aromatic nitrogens is 2. The number of carbonyl (C=O) groups is 3. The van der Waals surface area contributed by atoms with Crippen LogP contribution in [0.15, 0.2) is 42.5 Å². The molecule has 184 valence electrons. The van der Waals surface area contributed by atoms with Crippen LogP contribution in [0.3, 0.4) is 0 Å². The van der Waals surface area contributed by atoms with Gasteiger partial charge in [-0.2, -0.15) is 5.10 Å². The first-order valence-corrected chi connectivity index (χ1v) is 11.6. The molecule has 2 aromatic carbocycles. The molecule has 9 nitrogen and oxygen atoms in total. The van der Waals surface area contributed by atoms with Crippen molar-refractivity contribution in [2.24, 2.45) is 17.4 Å². The van der Waals surface area contributed by atoms with Gasteiger partial charge in [-0.25, -0.2) is 4.39 Å². The summed E-state index contributed by atoms with van der Waals surface area (Å²) in [6, 6.07) is 11.6. The topological polar surface area (TPSA) is 136 Å². The largest absolute Gasteiger partial charge is 0.364 e. The molecular formula is C24H26ClFN6O3. The van der Waals surface area contributed by atoms with E-state index >= 15 is 0 Å². The monoisotopic (exact) mass is 500 g/mol. The third kappa shape index (κ3) is 5.60. The van der Waals surface area contributed by atoms with Crippen molar-refractivity contribution >= 4 is 40.2 Å². The summed E-state index contributed by atoms with van der Waals surface area (Å²) in [7, 11) is 0. The highest BCUT2D eigenvalue weighted by Gasteiger charge is 2.30. The molecule has 4 rings (SSSR count). The minimum atomic E-state index is -0.694. The van der Waals surface area contributed by atoms with Gasteiger partial charge in [-0.15, -0.1) is 0 Å². The minimum absolute atomic E-state index is 0.0309. The number of amides is 3. The zero-order valence-corrected chi connectivity index (χ0v) is 19.7. The van der Waals surface area contributed by atoms with E-state index in [1.807, 2.05) is 0 Å². The second kappa shape index (κ2) is 10.4. The van der Waals surface area contributed by atoms with Crippen molar-refractivity contribution in [3.8, 4) is 0 Å². The molecule has 5 N–H and O–H groups in total. The van der Waals surface area contributed by atoms with E-state index in [0.717, 1.165) is 12.8 Å². The van der Waals surface area contributed by atoms with Crippen molar-refractivity contribution in [1.82, 2.24) is 20.0 Å². The maximum Gasteiger partial charge on any atom is 0.269 e. The van der Waals surface area contributed by atoms with E-state index in [0.29, 0.717) is 17.4 Å².